The Morgan fingerprint density at radius 1 is 0.909 bits per heavy atom. The van der Waals surface area contributed by atoms with E-state index in [0.29, 0.717) is 17.2 Å². The molecule has 33 heavy (non-hydrogen) atoms. The number of hydrogen-bond donors (Lipinski definition) is 4. The second kappa shape index (κ2) is 11.3. The number of nitrogens with zero attached hydrogens (tertiary/aromatic N) is 1. The monoisotopic (exact) mass is 450 g/mol. The van der Waals surface area contributed by atoms with E-state index in [1.54, 1.807) is 60.1 Å². The number of pyridine rings is 1. The van der Waals surface area contributed by atoms with Gasteiger partial charge in [-0.05, 0) is 54.6 Å². The molecule has 0 aliphatic heterocycles. The van der Waals surface area contributed by atoms with Crippen molar-refractivity contribution in [3.05, 3.63) is 78.0 Å². The Morgan fingerprint density at radius 3 is 2.27 bits per heavy atom. The predicted octanol–water partition coefficient (Wildman–Crippen LogP) is 2.76. The third-order valence-electron chi connectivity index (χ3n) is 4.23. The van der Waals surface area contributed by atoms with E-state index < -0.39 is 5.91 Å². The number of benzene rings is 2. The number of ether oxygens (including phenoxy) is 2. The van der Waals surface area contributed by atoms with Crippen molar-refractivity contribution in [3.63, 3.8) is 0 Å². The lowest BCUT2D eigenvalue weighted by atomic mass is 10.2. The van der Waals surface area contributed by atoms with E-state index in [1.807, 2.05) is 0 Å². The van der Waals surface area contributed by atoms with Gasteiger partial charge in [-0.3, -0.25) is 19.6 Å². The Labute approximate surface area is 189 Å². The van der Waals surface area contributed by atoms with Crippen molar-refractivity contribution in [2.45, 2.75) is 6.92 Å². The fraction of sp³-hybridized carbons (Fsp3) is 0.130. The highest BCUT2D eigenvalue weighted by Gasteiger charge is 2.09. The molecule has 0 unspecified atom stereocenters. The minimum Gasteiger partial charge on any atom is -0.492 e. The summed E-state index contributed by atoms with van der Waals surface area (Å²) in [5.41, 5.74) is 2.66. The number of aromatic nitrogens is 1. The minimum absolute atomic E-state index is 0.167. The molecule has 1 heterocycles. The smallest absolute Gasteiger partial charge is 0.274 e. The van der Waals surface area contributed by atoms with E-state index in [9.17, 15) is 14.4 Å². The van der Waals surface area contributed by atoms with Gasteiger partial charge in [-0.25, -0.2) is 10.5 Å². The maximum atomic E-state index is 12.4. The van der Waals surface area contributed by atoms with Crippen LogP contribution in [0.2, 0.25) is 0 Å². The molecule has 3 rings (SSSR count). The van der Waals surface area contributed by atoms with Crippen LogP contribution in [0.1, 0.15) is 27.8 Å². The van der Waals surface area contributed by atoms with E-state index in [0.717, 1.165) is 0 Å². The van der Waals surface area contributed by atoms with E-state index in [2.05, 4.69) is 15.6 Å². The summed E-state index contributed by atoms with van der Waals surface area (Å²) in [6.07, 6.45) is 0. The number of nitrogens with one attached hydrogen (secondary N) is 3. The third-order valence-corrected chi connectivity index (χ3v) is 4.23. The summed E-state index contributed by atoms with van der Waals surface area (Å²) >= 11 is 0. The normalized spacial score (nSPS) is 10.1. The molecule has 3 aromatic rings. The third kappa shape index (κ3) is 7.04. The van der Waals surface area contributed by atoms with Crippen LogP contribution in [0.15, 0.2) is 66.7 Å². The molecule has 0 fully saturated rings. The highest BCUT2D eigenvalue weighted by atomic mass is 16.5. The number of hydroxylamine groups is 1. The molecule has 0 saturated carbocycles. The number of rotatable bonds is 9. The Balaban J connectivity index is 1.48. The van der Waals surface area contributed by atoms with Crippen LogP contribution in [-0.4, -0.2) is 41.1 Å². The number of carbonyl (C=O) groups is 3. The van der Waals surface area contributed by atoms with Crippen molar-refractivity contribution in [2.24, 2.45) is 0 Å². The summed E-state index contributed by atoms with van der Waals surface area (Å²) in [7, 11) is 0. The first-order valence-electron chi connectivity index (χ1n) is 9.92. The highest BCUT2D eigenvalue weighted by molar-refractivity contribution is 5.93. The number of hydrogen-bond acceptors (Lipinski definition) is 7. The summed E-state index contributed by atoms with van der Waals surface area (Å²) < 4.78 is 11.2. The lowest BCUT2D eigenvalue weighted by Crippen LogP contribution is -2.28. The molecular weight excluding hydrogens is 428 g/mol. The van der Waals surface area contributed by atoms with Crippen molar-refractivity contribution >= 4 is 23.4 Å². The van der Waals surface area contributed by atoms with Crippen molar-refractivity contribution in [1.82, 2.24) is 15.8 Å². The van der Waals surface area contributed by atoms with Crippen LogP contribution in [0.25, 0.3) is 0 Å². The fourth-order valence-electron chi connectivity index (χ4n) is 2.72. The molecule has 10 nitrogen and oxygen atoms in total. The van der Waals surface area contributed by atoms with Gasteiger partial charge in [0.2, 0.25) is 11.8 Å². The van der Waals surface area contributed by atoms with Crippen LogP contribution in [0.4, 0.5) is 5.69 Å². The van der Waals surface area contributed by atoms with E-state index in [-0.39, 0.29) is 42.1 Å². The standard InChI is InChI=1S/C23H22N4O6/c1-15(28)25-17-7-11-19(12-8-17)33-21-4-2-3-20(26-21)23(30)24-13-14-32-18-9-5-16(6-10-18)22(29)27-31/h2-12,31H,13-14H2,1H3,(H,24,30)(H,25,28)(H,27,29). The van der Waals surface area contributed by atoms with Crippen LogP contribution in [0.5, 0.6) is 17.4 Å². The number of amides is 3. The molecule has 0 bridgehead atoms. The van der Waals surface area contributed by atoms with Gasteiger partial charge in [0.25, 0.3) is 11.8 Å². The Hall–Kier alpha value is -4.44. The van der Waals surface area contributed by atoms with Gasteiger partial charge in [0.05, 0.1) is 6.54 Å². The van der Waals surface area contributed by atoms with Gasteiger partial charge in [-0.2, -0.15) is 0 Å². The Morgan fingerprint density at radius 2 is 1.61 bits per heavy atom. The first-order valence-corrected chi connectivity index (χ1v) is 9.92. The molecule has 0 aliphatic rings. The first-order chi connectivity index (χ1) is 15.9. The molecule has 10 heteroatoms. The van der Waals surface area contributed by atoms with Crippen molar-refractivity contribution < 1.29 is 29.1 Å². The van der Waals surface area contributed by atoms with Gasteiger partial charge in [-0.15, -0.1) is 0 Å². The van der Waals surface area contributed by atoms with Gasteiger partial charge < -0.3 is 20.1 Å². The zero-order valence-electron chi connectivity index (χ0n) is 17.7. The zero-order chi connectivity index (χ0) is 23.6. The van der Waals surface area contributed by atoms with Crippen molar-refractivity contribution in [2.75, 3.05) is 18.5 Å². The average molecular weight is 450 g/mol. The molecule has 0 saturated heterocycles. The number of carbonyl (C=O) groups excluding carboxylic acids is 3. The van der Waals surface area contributed by atoms with Crippen molar-refractivity contribution in [1.29, 1.82) is 0 Å². The average Bonchev–Trinajstić information content (AvgIpc) is 2.82. The molecule has 3 amide bonds. The van der Waals surface area contributed by atoms with Gasteiger partial charge in [0.15, 0.2) is 0 Å². The molecule has 4 N–H and O–H groups in total. The van der Waals surface area contributed by atoms with Crippen LogP contribution in [0.3, 0.4) is 0 Å². The molecule has 0 radical (unpaired) electrons. The summed E-state index contributed by atoms with van der Waals surface area (Å²) in [6, 6.07) is 17.8. The lowest BCUT2D eigenvalue weighted by Gasteiger charge is -2.09. The van der Waals surface area contributed by atoms with E-state index in [1.165, 1.54) is 19.1 Å². The highest BCUT2D eigenvalue weighted by Crippen LogP contribution is 2.21. The van der Waals surface area contributed by atoms with Gasteiger partial charge >= 0.3 is 0 Å². The Kier molecular flexibility index (Phi) is 7.92. The predicted molar refractivity (Wildman–Crippen MR) is 119 cm³/mol. The second-order valence-corrected chi connectivity index (χ2v) is 6.74. The summed E-state index contributed by atoms with van der Waals surface area (Å²) in [4.78, 5) is 38.9. The molecular formula is C23H22N4O6. The molecule has 0 aliphatic carbocycles. The zero-order valence-corrected chi connectivity index (χ0v) is 17.7. The van der Waals surface area contributed by atoms with Crippen LogP contribution < -0.4 is 25.6 Å². The lowest BCUT2D eigenvalue weighted by molar-refractivity contribution is -0.114. The topological polar surface area (TPSA) is 139 Å². The quantitative estimate of drug-likeness (QED) is 0.223. The second-order valence-electron chi connectivity index (χ2n) is 6.74. The van der Waals surface area contributed by atoms with Crippen LogP contribution >= 0.6 is 0 Å². The first kappa shape index (κ1) is 23.2. The maximum Gasteiger partial charge on any atom is 0.274 e. The van der Waals surface area contributed by atoms with Crippen LogP contribution in [-0.2, 0) is 4.79 Å². The van der Waals surface area contributed by atoms with Gasteiger partial charge in [0.1, 0.15) is 23.8 Å². The van der Waals surface area contributed by atoms with Gasteiger partial charge in [0, 0.05) is 24.2 Å². The molecule has 170 valence electrons. The minimum atomic E-state index is -0.616. The summed E-state index contributed by atoms with van der Waals surface area (Å²) in [6.45, 7) is 1.86. The molecule has 1 aromatic heterocycles. The van der Waals surface area contributed by atoms with Crippen molar-refractivity contribution in [3.8, 4) is 17.4 Å². The maximum absolute atomic E-state index is 12.4. The molecule has 2 aromatic carbocycles. The fourth-order valence-corrected chi connectivity index (χ4v) is 2.72. The number of anilines is 1. The van der Waals surface area contributed by atoms with E-state index >= 15 is 0 Å². The Bertz CT molecular complexity index is 1120. The molecule has 0 atom stereocenters. The molecule has 0 spiro atoms. The summed E-state index contributed by atoms with van der Waals surface area (Å²) in [5.74, 6) is 0.0917. The van der Waals surface area contributed by atoms with E-state index in [4.69, 9.17) is 14.7 Å². The largest absolute Gasteiger partial charge is 0.492 e. The van der Waals surface area contributed by atoms with Crippen LogP contribution in [0, 0.1) is 0 Å². The van der Waals surface area contributed by atoms with Gasteiger partial charge in [-0.1, -0.05) is 6.07 Å². The SMILES string of the molecule is CC(=O)Nc1ccc(Oc2cccc(C(=O)NCCOc3ccc(C(=O)NO)cc3)n2)cc1. The summed E-state index contributed by atoms with van der Waals surface area (Å²) in [5, 5.41) is 14.0.